The average Bonchev–Trinajstić information content (AvgIpc) is 2.70. The maximum atomic E-state index is 12.5. The van der Waals surface area contributed by atoms with Crippen LogP contribution in [-0.2, 0) is 14.2 Å². The Kier molecular flexibility index (Phi) is 5.91. The third kappa shape index (κ3) is 4.37. The molecule has 1 aliphatic rings. The molecule has 1 aliphatic heterocycles. The molecule has 0 amide bonds. The minimum absolute atomic E-state index is 0.0324. The zero-order valence-electron chi connectivity index (χ0n) is 15.7. The monoisotopic (exact) mass is 368 g/mol. The molecule has 3 rings (SSSR count). The fourth-order valence-electron chi connectivity index (χ4n) is 3.16. The van der Waals surface area contributed by atoms with Crippen LogP contribution in [0.5, 0.6) is 0 Å². The molecule has 5 atom stereocenters. The SMILES string of the molecule is CC1O[C@@H](OC(=O)c2ccccc2)C(OC(=O)c2ccccc2)[C@@H](C)[C@H]1C. The first-order chi connectivity index (χ1) is 13.0. The van der Waals surface area contributed by atoms with Crippen molar-refractivity contribution in [3.63, 3.8) is 0 Å². The number of hydrogen-bond acceptors (Lipinski definition) is 5. The summed E-state index contributed by atoms with van der Waals surface area (Å²) < 4.78 is 17.2. The van der Waals surface area contributed by atoms with Crippen LogP contribution in [0.2, 0.25) is 0 Å². The Morgan fingerprint density at radius 3 is 1.74 bits per heavy atom. The minimum Gasteiger partial charge on any atom is -0.452 e. The smallest absolute Gasteiger partial charge is 0.340 e. The zero-order valence-corrected chi connectivity index (χ0v) is 15.7. The minimum atomic E-state index is -0.952. The van der Waals surface area contributed by atoms with Crippen molar-refractivity contribution in [2.24, 2.45) is 11.8 Å². The van der Waals surface area contributed by atoms with Crippen LogP contribution in [0.3, 0.4) is 0 Å². The second-order valence-corrected chi connectivity index (χ2v) is 6.94. The predicted octanol–water partition coefficient (Wildman–Crippen LogP) is 4.09. The van der Waals surface area contributed by atoms with Gasteiger partial charge in [0.1, 0.15) is 0 Å². The lowest BCUT2D eigenvalue weighted by Gasteiger charge is -2.42. The van der Waals surface area contributed by atoms with Crippen LogP contribution in [0, 0.1) is 11.8 Å². The summed E-state index contributed by atoms with van der Waals surface area (Å²) in [5.41, 5.74) is 0.872. The van der Waals surface area contributed by atoms with Crippen LogP contribution in [0.1, 0.15) is 41.5 Å². The van der Waals surface area contributed by atoms with Crippen LogP contribution in [0.4, 0.5) is 0 Å². The van der Waals surface area contributed by atoms with Crippen LogP contribution in [0.15, 0.2) is 60.7 Å². The van der Waals surface area contributed by atoms with Crippen LogP contribution in [0.25, 0.3) is 0 Å². The second-order valence-electron chi connectivity index (χ2n) is 6.94. The standard InChI is InChI=1S/C22H24O5/c1-14-15(2)19(26-20(23)17-10-6-4-7-11-17)22(25-16(14)3)27-21(24)18-12-8-5-9-13-18/h4-16,19,22H,1-3H3/t14-,15+,16?,19?,22+/m1/s1. The Labute approximate surface area is 159 Å². The van der Waals surface area contributed by atoms with Crippen molar-refractivity contribution in [1.82, 2.24) is 0 Å². The molecule has 1 saturated heterocycles. The molecule has 5 nitrogen and oxygen atoms in total. The Morgan fingerprint density at radius 1 is 0.741 bits per heavy atom. The fourth-order valence-corrected chi connectivity index (χ4v) is 3.16. The van der Waals surface area contributed by atoms with E-state index in [0.717, 1.165) is 0 Å². The Bertz CT molecular complexity index is 774. The van der Waals surface area contributed by atoms with E-state index in [1.807, 2.05) is 32.9 Å². The summed E-state index contributed by atoms with van der Waals surface area (Å²) in [5, 5.41) is 0. The predicted molar refractivity (Wildman–Crippen MR) is 100 cm³/mol. The summed E-state index contributed by atoms with van der Waals surface area (Å²) in [6.07, 6.45) is -1.76. The maximum absolute atomic E-state index is 12.5. The summed E-state index contributed by atoms with van der Waals surface area (Å²) in [4.78, 5) is 25.0. The molecule has 0 radical (unpaired) electrons. The number of rotatable bonds is 4. The molecular formula is C22H24O5. The highest BCUT2D eigenvalue weighted by atomic mass is 16.7. The van der Waals surface area contributed by atoms with Gasteiger partial charge in [-0.2, -0.15) is 0 Å². The highest BCUT2D eigenvalue weighted by Gasteiger charge is 2.44. The Hall–Kier alpha value is -2.66. The largest absolute Gasteiger partial charge is 0.452 e. The average molecular weight is 368 g/mol. The molecule has 142 valence electrons. The van der Waals surface area contributed by atoms with E-state index >= 15 is 0 Å². The van der Waals surface area contributed by atoms with Crippen molar-refractivity contribution >= 4 is 11.9 Å². The highest BCUT2D eigenvalue weighted by Crippen LogP contribution is 2.34. The first-order valence-electron chi connectivity index (χ1n) is 9.15. The van der Waals surface area contributed by atoms with Gasteiger partial charge in [-0.25, -0.2) is 9.59 Å². The van der Waals surface area contributed by atoms with Gasteiger partial charge in [0.25, 0.3) is 0 Å². The van der Waals surface area contributed by atoms with Gasteiger partial charge in [-0.1, -0.05) is 50.2 Å². The number of hydrogen-bond donors (Lipinski definition) is 0. The molecule has 0 aliphatic carbocycles. The topological polar surface area (TPSA) is 61.8 Å². The summed E-state index contributed by atoms with van der Waals surface area (Å²) in [6, 6.07) is 17.4. The molecule has 1 fully saturated rings. The van der Waals surface area contributed by atoms with Gasteiger partial charge in [-0.15, -0.1) is 0 Å². The van der Waals surface area contributed by atoms with Gasteiger partial charge in [0.2, 0.25) is 6.29 Å². The van der Waals surface area contributed by atoms with E-state index in [0.29, 0.717) is 11.1 Å². The number of carbonyl (C=O) groups excluding carboxylic acids is 2. The molecule has 2 unspecified atom stereocenters. The third-order valence-corrected chi connectivity index (χ3v) is 5.19. The van der Waals surface area contributed by atoms with Crippen LogP contribution in [-0.4, -0.2) is 30.4 Å². The molecule has 2 aromatic rings. The van der Waals surface area contributed by atoms with E-state index in [1.54, 1.807) is 48.5 Å². The van der Waals surface area contributed by atoms with Gasteiger partial charge in [-0.3, -0.25) is 0 Å². The van der Waals surface area contributed by atoms with Crippen molar-refractivity contribution in [2.45, 2.75) is 39.3 Å². The quantitative estimate of drug-likeness (QED) is 0.761. The van der Waals surface area contributed by atoms with Gasteiger partial charge in [0, 0.05) is 5.92 Å². The van der Waals surface area contributed by atoms with Gasteiger partial charge >= 0.3 is 11.9 Å². The van der Waals surface area contributed by atoms with E-state index in [-0.39, 0.29) is 17.9 Å². The number of benzene rings is 2. The third-order valence-electron chi connectivity index (χ3n) is 5.19. The number of carbonyl (C=O) groups is 2. The molecule has 0 bridgehead atoms. The highest BCUT2D eigenvalue weighted by molar-refractivity contribution is 5.90. The van der Waals surface area contributed by atoms with Crippen molar-refractivity contribution in [2.75, 3.05) is 0 Å². The molecule has 0 N–H and O–H groups in total. The van der Waals surface area contributed by atoms with Crippen molar-refractivity contribution in [3.05, 3.63) is 71.8 Å². The molecule has 5 heteroatoms. The molecule has 1 heterocycles. The van der Waals surface area contributed by atoms with Crippen molar-refractivity contribution in [3.8, 4) is 0 Å². The zero-order chi connectivity index (χ0) is 19.4. The normalized spacial score (nSPS) is 27.6. The maximum Gasteiger partial charge on any atom is 0.340 e. The fraction of sp³-hybridized carbons (Fsp3) is 0.364. The molecule has 0 saturated carbocycles. The Morgan fingerprint density at radius 2 is 1.22 bits per heavy atom. The van der Waals surface area contributed by atoms with Crippen LogP contribution >= 0.6 is 0 Å². The summed E-state index contributed by atoms with van der Waals surface area (Å²) in [5.74, 6) is -0.853. The first-order valence-corrected chi connectivity index (χ1v) is 9.15. The van der Waals surface area contributed by atoms with Gasteiger partial charge < -0.3 is 14.2 Å². The van der Waals surface area contributed by atoms with E-state index < -0.39 is 24.3 Å². The lowest BCUT2D eigenvalue weighted by molar-refractivity contribution is -0.244. The van der Waals surface area contributed by atoms with Crippen molar-refractivity contribution < 1.29 is 23.8 Å². The van der Waals surface area contributed by atoms with Gasteiger partial charge in [0.15, 0.2) is 6.10 Å². The number of esters is 2. The lowest BCUT2D eigenvalue weighted by Crippen LogP contribution is -2.51. The molecule has 27 heavy (non-hydrogen) atoms. The van der Waals surface area contributed by atoms with Crippen LogP contribution < -0.4 is 0 Å². The molecule has 2 aromatic carbocycles. The summed E-state index contributed by atoms with van der Waals surface area (Å²) in [7, 11) is 0. The molecular weight excluding hydrogens is 344 g/mol. The lowest BCUT2D eigenvalue weighted by atomic mass is 9.84. The molecule has 0 aromatic heterocycles. The van der Waals surface area contributed by atoms with E-state index in [1.165, 1.54) is 0 Å². The first kappa shape index (κ1) is 19.1. The molecule has 0 spiro atoms. The van der Waals surface area contributed by atoms with Gasteiger partial charge in [-0.05, 0) is 37.1 Å². The second kappa shape index (κ2) is 8.35. The summed E-state index contributed by atoms with van der Waals surface area (Å²) >= 11 is 0. The Balaban J connectivity index is 1.78. The van der Waals surface area contributed by atoms with E-state index in [9.17, 15) is 9.59 Å². The van der Waals surface area contributed by atoms with E-state index in [2.05, 4.69) is 0 Å². The van der Waals surface area contributed by atoms with Crippen molar-refractivity contribution in [1.29, 1.82) is 0 Å². The van der Waals surface area contributed by atoms with Gasteiger partial charge in [0.05, 0.1) is 17.2 Å². The summed E-state index contributed by atoms with van der Waals surface area (Å²) in [6.45, 7) is 5.95. The number of ether oxygens (including phenoxy) is 3. The van der Waals surface area contributed by atoms with E-state index in [4.69, 9.17) is 14.2 Å².